The second-order valence-corrected chi connectivity index (χ2v) is 8.73. The fourth-order valence-corrected chi connectivity index (χ4v) is 5.27. The van der Waals surface area contributed by atoms with Crippen LogP contribution < -0.4 is 0 Å². The maximum Gasteiger partial charge on any atom is 0.340 e. The quantitative estimate of drug-likeness (QED) is 0.741. The Labute approximate surface area is 118 Å². The number of hydrogen-bond donors (Lipinski definition) is 0. The predicted octanol–water partition coefficient (Wildman–Crippen LogP) is 0.703. The molecule has 0 radical (unpaired) electrons. The Hall–Kier alpha value is -1.41. The summed E-state index contributed by atoms with van der Waals surface area (Å²) >= 11 is 0. The van der Waals surface area contributed by atoms with Gasteiger partial charge in [-0.25, -0.2) is 21.6 Å². The molecule has 6 nitrogen and oxygen atoms in total. The van der Waals surface area contributed by atoms with Crippen molar-refractivity contribution in [1.29, 1.82) is 0 Å². The molecular formula is C12H16O6S2. The minimum atomic E-state index is -4.36. The number of sulfone groups is 2. The first-order valence-corrected chi connectivity index (χ1v) is 9.27. The molecular weight excluding hydrogens is 304 g/mol. The average Bonchev–Trinajstić information content (AvgIpc) is 2.27. The van der Waals surface area contributed by atoms with Gasteiger partial charge in [-0.2, -0.15) is 0 Å². The van der Waals surface area contributed by atoms with Crippen molar-refractivity contribution < 1.29 is 26.4 Å². The summed E-state index contributed by atoms with van der Waals surface area (Å²) in [7, 11) is -8.52. The van der Waals surface area contributed by atoms with Crippen LogP contribution in [0.15, 0.2) is 29.2 Å². The summed E-state index contributed by atoms with van der Waals surface area (Å²) in [6, 6.07) is 5.58. The smallest absolute Gasteiger partial charge is 0.340 e. The lowest BCUT2D eigenvalue weighted by Crippen LogP contribution is -2.38. The number of rotatable bonds is 5. The van der Waals surface area contributed by atoms with Gasteiger partial charge < -0.3 is 4.74 Å². The van der Waals surface area contributed by atoms with Crippen LogP contribution in [-0.4, -0.2) is 40.2 Å². The van der Waals surface area contributed by atoms with Crippen LogP contribution in [0, 0.1) is 6.92 Å². The number of ether oxygens (including phenoxy) is 1. The first kappa shape index (κ1) is 16.6. The van der Waals surface area contributed by atoms with Gasteiger partial charge in [0.15, 0.2) is 9.84 Å². The second kappa shape index (κ2) is 5.92. The molecule has 0 saturated heterocycles. The van der Waals surface area contributed by atoms with Crippen molar-refractivity contribution in [3.8, 4) is 0 Å². The number of aryl methyl sites for hydroxylation is 1. The molecule has 0 saturated carbocycles. The molecule has 112 valence electrons. The van der Waals surface area contributed by atoms with Crippen LogP contribution in [0.1, 0.15) is 12.5 Å². The first-order chi connectivity index (χ1) is 9.10. The average molecular weight is 320 g/mol. The van der Waals surface area contributed by atoms with E-state index in [-0.39, 0.29) is 11.5 Å². The maximum atomic E-state index is 12.3. The highest BCUT2D eigenvalue weighted by Gasteiger charge is 2.43. The summed E-state index contributed by atoms with van der Waals surface area (Å²) in [5.41, 5.74) is 0.816. The zero-order chi connectivity index (χ0) is 15.6. The Morgan fingerprint density at radius 2 is 1.65 bits per heavy atom. The van der Waals surface area contributed by atoms with Gasteiger partial charge in [0.25, 0.3) is 4.58 Å². The Morgan fingerprint density at radius 3 is 2.05 bits per heavy atom. The number of hydrogen-bond acceptors (Lipinski definition) is 6. The molecule has 0 N–H and O–H groups in total. The molecule has 0 spiro atoms. The van der Waals surface area contributed by atoms with E-state index in [9.17, 15) is 21.6 Å². The minimum absolute atomic E-state index is 0.103. The topological polar surface area (TPSA) is 94.6 Å². The summed E-state index contributed by atoms with van der Waals surface area (Å²) in [5, 5.41) is 0. The van der Waals surface area contributed by atoms with Crippen LogP contribution in [0.3, 0.4) is 0 Å². The van der Waals surface area contributed by atoms with Crippen LogP contribution in [0.2, 0.25) is 0 Å². The van der Waals surface area contributed by atoms with Gasteiger partial charge in [-0.3, -0.25) is 0 Å². The van der Waals surface area contributed by atoms with Crippen LogP contribution in [0.4, 0.5) is 0 Å². The summed E-state index contributed by atoms with van der Waals surface area (Å²) < 4.78 is 50.3. The molecule has 1 aromatic rings. The van der Waals surface area contributed by atoms with Crippen molar-refractivity contribution in [3.63, 3.8) is 0 Å². The number of carbonyl (C=O) groups is 1. The Balaban J connectivity index is 3.40. The van der Waals surface area contributed by atoms with Gasteiger partial charge in [-0.15, -0.1) is 0 Å². The molecule has 0 aromatic heterocycles. The molecule has 0 fully saturated rings. The van der Waals surface area contributed by atoms with Crippen molar-refractivity contribution in [1.82, 2.24) is 0 Å². The zero-order valence-corrected chi connectivity index (χ0v) is 13.0. The van der Waals surface area contributed by atoms with E-state index in [1.807, 2.05) is 0 Å². The second-order valence-electron chi connectivity index (χ2n) is 4.27. The summed E-state index contributed by atoms with van der Waals surface area (Å²) in [4.78, 5) is 11.5. The van der Waals surface area contributed by atoms with E-state index in [0.29, 0.717) is 6.26 Å². The zero-order valence-electron chi connectivity index (χ0n) is 11.4. The highest BCUT2D eigenvalue weighted by atomic mass is 32.3. The van der Waals surface area contributed by atoms with Gasteiger partial charge in [-0.1, -0.05) is 17.7 Å². The Kier molecular flexibility index (Phi) is 4.93. The lowest BCUT2D eigenvalue weighted by Gasteiger charge is -2.14. The molecule has 1 atom stereocenters. The number of esters is 1. The Bertz CT molecular complexity index is 686. The maximum absolute atomic E-state index is 12.3. The highest BCUT2D eigenvalue weighted by Crippen LogP contribution is 2.21. The van der Waals surface area contributed by atoms with Gasteiger partial charge in [0.2, 0.25) is 9.84 Å². The predicted molar refractivity (Wildman–Crippen MR) is 73.6 cm³/mol. The molecule has 0 aliphatic heterocycles. The van der Waals surface area contributed by atoms with Crippen LogP contribution in [0.5, 0.6) is 0 Å². The monoisotopic (exact) mass is 320 g/mol. The SMILES string of the molecule is CCOC(=O)C(S(C)(=O)=O)S(=O)(=O)c1ccc(C)cc1. The van der Waals surface area contributed by atoms with E-state index in [4.69, 9.17) is 0 Å². The molecule has 8 heteroatoms. The molecule has 0 aliphatic carbocycles. The standard InChI is InChI=1S/C12H16O6S2/c1-4-18-11(13)12(19(3,14)15)20(16,17)10-7-5-9(2)6-8-10/h5-8,12H,4H2,1-3H3. The van der Waals surface area contributed by atoms with Crippen molar-refractivity contribution in [2.75, 3.05) is 12.9 Å². The van der Waals surface area contributed by atoms with E-state index in [2.05, 4.69) is 4.74 Å². The van der Waals surface area contributed by atoms with Gasteiger partial charge in [-0.05, 0) is 26.0 Å². The van der Waals surface area contributed by atoms with Gasteiger partial charge in [0, 0.05) is 6.26 Å². The van der Waals surface area contributed by atoms with Crippen LogP contribution >= 0.6 is 0 Å². The lowest BCUT2D eigenvalue weighted by atomic mass is 10.2. The highest BCUT2D eigenvalue weighted by molar-refractivity contribution is 8.09. The van der Waals surface area contributed by atoms with Crippen molar-refractivity contribution in [2.45, 2.75) is 23.3 Å². The van der Waals surface area contributed by atoms with E-state index in [1.165, 1.54) is 31.2 Å². The van der Waals surface area contributed by atoms with Gasteiger partial charge in [0.1, 0.15) is 0 Å². The van der Waals surface area contributed by atoms with Gasteiger partial charge >= 0.3 is 5.97 Å². The lowest BCUT2D eigenvalue weighted by molar-refractivity contribution is -0.140. The van der Waals surface area contributed by atoms with E-state index >= 15 is 0 Å². The Morgan fingerprint density at radius 1 is 1.15 bits per heavy atom. The van der Waals surface area contributed by atoms with Crippen molar-refractivity contribution in [3.05, 3.63) is 29.8 Å². The third-order valence-electron chi connectivity index (χ3n) is 2.50. The molecule has 1 rings (SSSR count). The van der Waals surface area contributed by atoms with Crippen molar-refractivity contribution in [2.24, 2.45) is 0 Å². The molecule has 1 aromatic carbocycles. The molecule has 20 heavy (non-hydrogen) atoms. The molecule has 1 unspecified atom stereocenters. The van der Waals surface area contributed by atoms with Crippen LogP contribution in [-0.2, 0) is 29.2 Å². The normalized spacial score (nSPS) is 13.8. The van der Waals surface area contributed by atoms with E-state index in [1.54, 1.807) is 6.92 Å². The first-order valence-electron chi connectivity index (χ1n) is 5.76. The molecule has 0 amide bonds. The van der Waals surface area contributed by atoms with Crippen LogP contribution in [0.25, 0.3) is 0 Å². The van der Waals surface area contributed by atoms with E-state index in [0.717, 1.165) is 5.56 Å². The summed E-state index contributed by atoms with van der Waals surface area (Å²) in [6.07, 6.45) is 0.695. The van der Waals surface area contributed by atoms with E-state index < -0.39 is 30.2 Å². The molecule has 0 bridgehead atoms. The van der Waals surface area contributed by atoms with Crippen molar-refractivity contribution >= 4 is 25.6 Å². The number of benzene rings is 1. The third-order valence-corrected chi connectivity index (χ3v) is 6.96. The largest absolute Gasteiger partial charge is 0.464 e. The molecule has 0 heterocycles. The fraction of sp³-hybridized carbons (Fsp3) is 0.417. The summed E-state index contributed by atoms with van der Waals surface area (Å²) in [6.45, 7) is 3.12. The number of carbonyl (C=O) groups excluding carboxylic acids is 1. The molecule has 0 aliphatic rings. The fourth-order valence-electron chi connectivity index (χ4n) is 1.59. The van der Waals surface area contributed by atoms with Gasteiger partial charge in [0.05, 0.1) is 11.5 Å². The third kappa shape index (κ3) is 3.57. The summed E-state index contributed by atoms with van der Waals surface area (Å²) in [5.74, 6) is -1.28. The minimum Gasteiger partial charge on any atom is -0.464 e.